The summed E-state index contributed by atoms with van der Waals surface area (Å²) in [4.78, 5) is 11.2. The summed E-state index contributed by atoms with van der Waals surface area (Å²) < 4.78 is 14.3. The van der Waals surface area contributed by atoms with E-state index in [1.165, 1.54) is 16.8 Å². The number of halogens is 1. The zero-order chi connectivity index (χ0) is 15.4. The second kappa shape index (κ2) is 6.13. The fraction of sp³-hybridized carbons (Fsp3) is 0.133. The van der Waals surface area contributed by atoms with E-state index in [-0.39, 0.29) is 11.5 Å². The van der Waals surface area contributed by atoms with Crippen molar-refractivity contribution >= 4 is 18.1 Å². The molecule has 1 N–H and O–H groups in total. The van der Waals surface area contributed by atoms with E-state index in [0.29, 0.717) is 12.2 Å². The van der Waals surface area contributed by atoms with Gasteiger partial charge in [-0.15, -0.1) is 5.10 Å². The van der Waals surface area contributed by atoms with Crippen LogP contribution in [0.1, 0.15) is 28.7 Å². The summed E-state index contributed by atoms with van der Waals surface area (Å²) in [6.45, 7) is 5.97. The molecule has 1 heterocycles. The van der Waals surface area contributed by atoms with Crippen LogP contribution >= 0.6 is 0 Å². The SMILES string of the molecule is C=C(C)Cn1nnc(C(=O)O)c1/C=C/c1ccc(F)cc1. The molecule has 0 bridgehead atoms. The number of carboxylic acids is 1. The first-order valence-electron chi connectivity index (χ1n) is 6.22. The van der Waals surface area contributed by atoms with E-state index in [2.05, 4.69) is 16.9 Å². The number of rotatable bonds is 5. The van der Waals surface area contributed by atoms with Crippen molar-refractivity contribution in [3.05, 3.63) is 59.2 Å². The number of allylic oxidation sites excluding steroid dienone is 1. The van der Waals surface area contributed by atoms with Crippen LogP contribution in [0.3, 0.4) is 0 Å². The van der Waals surface area contributed by atoms with Gasteiger partial charge >= 0.3 is 5.97 Å². The highest BCUT2D eigenvalue weighted by Gasteiger charge is 2.16. The third-order valence-electron chi connectivity index (χ3n) is 2.70. The van der Waals surface area contributed by atoms with Gasteiger partial charge in [0, 0.05) is 0 Å². The van der Waals surface area contributed by atoms with Gasteiger partial charge in [-0.2, -0.15) is 0 Å². The molecule has 0 fully saturated rings. The topological polar surface area (TPSA) is 68.0 Å². The van der Waals surface area contributed by atoms with Gasteiger partial charge in [-0.1, -0.05) is 35.6 Å². The molecule has 2 aromatic rings. The Hall–Kier alpha value is -2.76. The van der Waals surface area contributed by atoms with Crippen molar-refractivity contribution in [3.63, 3.8) is 0 Å². The van der Waals surface area contributed by atoms with Crippen LogP contribution < -0.4 is 0 Å². The second-order valence-corrected chi connectivity index (χ2v) is 4.63. The molecule has 0 aliphatic rings. The maximum atomic E-state index is 12.8. The average Bonchev–Trinajstić information content (AvgIpc) is 2.80. The highest BCUT2D eigenvalue weighted by molar-refractivity contribution is 5.90. The maximum Gasteiger partial charge on any atom is 0.358 e. The Morgan fingerprint density at radius 2 is 2.05 bits per heavy atom. The molecule has 0 amide bonds. The van der Waals surface area contributed by atoms with Crippen LogP contribution in [-0.4, -0.2) is 26.1 Å². The van der Waals surface area contributed by atoms with Gasteiger partial charge < -0.3 is 5.11 Å². The van der Waals surface area contributed by atoms with Crippen molar-refractivity contribution in [3.8, 4) is 0 Å². The van der Waals surface area contributed by atoms with Crippen LogP contribution in [0.5, 0.6) is 0 Å². The molecule has 6 heteroatoms. The highest BCUT2D eigenvalue weighted by Crippen LogP contribution is 2.13. The Bertz CT molecular complexity index is 702. The van der Waals surface area contributed by atoms with E-state index in [4.69, 9.17) is 5.11 Å². The van der Waals surface area contributed by atoms with E-state index in [1.807, 2.05) is 6.92 Å². The first-order chi connectivity index (χ1) is 9.97. The molecule has 0 saturated carbocycles. The third kappa shape index (κ3) is 3.62. The molecule has 0 aliphatic heterocycles. The van der Waals surface area contributed by atoms with E-state index >= 15 is 0 Å². The fourth-order valence-electron chi connectivity index (χ4n) is 1.76. The normalized spacial score (nSPS) is 11.0. The average molecular weight is 287 g/mol. The first kappa shape index (κ1) is 14.6. The minimum Gasteiger partial charge on any atom is -0.476 e. The minimum absolute atomic E-state index is 0.130. The molecular weight excluding hydrogens is 273 g/mol. The number of benzene rings is 1. The lowest BCUT2D eigenvalue weighted by molar-refractivity contribution is 0.0690. The molecule has 2 rings (SSSR count). The summed E-state index contributed by atoms with van der Waals surface area (Å²) in [6.07, 6.45) is 3.28. The summed E-state index contributed by atoms with van der Waals surface area (Å²) in [7, 11) is 0. The molecule has 21 heavy (non-hydrogen) atoms. The number of aromatic carboxylic acids is 1. The smallest absolute Gasteiger partial charge is 0.358 e. The quantitative estimate of drug-likeness (QED) is 0.859. The highest BCUT2D eigenvalue weighted by atomic mass is 19.1. The molecule has 1 aromatic carbocycles. The Balaban J connectivity index is 2.36. The largest absolute Gasteiger partial charge is 0.476 e. The van der Waals surface area contributed by atoms with E-state index in [1.54, 1.807) is 24.3 Å². The molecule has 0 atom stereocenters. The predicted molar refractivity (Wildman–Crippen MR) is 77.1 cm³/mol. The predicted octanol–water partition coefficient (Wildman–Crippen LogP) is 2.86. The molecular formula is C15H14FN3O2. The lowest BCUT2D eigenvalue weighted by Crippen LogP contribution is -2.05. The Kier molecular flexibility index (Phi) is 4.27. The van der Waals surface area contributed by atoms with Crippen molar-refractivity contribution in [2.45, 2.75) is 13.5 Å². The number of hydrogen-bond donors (Lipinski definition) is 1. The van der Waals surface area contributed by atoms with Crippen LogP contribution in [0.2, 0.25) is 0 Å². The van der Waals surface area contributed by atoms with Crippen LogP contribution in [0, 0.1) is 5.82 Å². The van der Waals surface area contributed by atoms with Crippen molar-refractivity contribution < 1.29 is 14.3 Å². The van der Waals surface area contributed by atoms with Crippen LogP contribution in [0.25, 0.3) is 12.2 Å². The molecule has 108 valence electrons. The van der Waals surface area contributed by atoms with E-state index < -0.39 is 5.97 Å². The van der Waals surface area contributed by atoms with Gasteiger partial charge in [-0.05, 0) is 30.7 Å². The molecule has 0 radical (unpaired) electrons. The summed E-state index contributed by atoms with van der Waals surface area (Å²) in [5, 5.41) is 16.6. The van der Waals surface area contributed by atoms with Crippen molar-refractivity contribution in [1.82, 2.24) is 15.0 Å². The summed E-state index contributed by atoms with van der Waals surface area (Å²) in [5.74, 6) is -1.48. The minimum atomic E-state index is -1.15. The molecule has 0 unspecified atom stereocenters. The van der Waals surface area contributed by atoms with Crippen molar-refractivity contribution in [1.29, 1.82) is 0 Å². The van der Waals surface area contributed by atoms with Gasteiger partial charge in [0.2, 0.25) is 0 Å². The van der Waals surface area contributed by atoms with Gasteiger partial charge in [0.15, 0.2) is 5.69 Å². The van der Waals surface area contributed by atoms with E-state index in [0.717, 1.165) is 11.1 Å². The Morgan fingerprint density at radius 3 is 2.62 bits per heavy atom. The van der Waals surface area contributed by atoms with Crippen LogP contribution in [0.15, 0.2) is 36.4 Å². The standard InChI is InChI=1S/C15H14FN3O2/c1-10(2)9-19-13(14(15(20)21)17-18-19)8-5-11-3-6-12(16)7-4-11/h3-8H,1,9H2,2H3,(H,20,21)/b8-5+. The molecule has 0 saturated heterocycles. The van der Waals surface area contributed by atoms with Gasteiger partial charge in [-0.3, -0.25) is 0 Å². The number of aromatic nitrogens is 3. The zero-order valence-electron chi connectivity index (χ0n) is 11.5. The zero-order valence-corrected chi connectivity index (χ0v) is 11.5. The van der Waals surface area contributed by atoms with Crippen molar-refractivity contribution in [2.75, 3.05) is 0 Å². The number of nitrogens with zero attached hydrogens (tertiary/aromatic N) is 3. The molecule has 0 spiro atoms. The second-order valence-electron chi connectivity index (χ2n) is 4.63. The van der Waals surface area contributed by atoms with Crippen LogP contribution in [-0.2, 0) is 6.54 Å². The third-order valence-corrected chi connectivity index (χ3v) is 2.70. The molecule has 0 aliphatic carbocycles. The van der Waals surface area contributed by atoms with Crippen LogP contribution in [0.4, 0.5) is 4.39 Å². The van der Waals surface area contributed by atoms with Gasteiger partial charge in [-0.25, -0.2) is 13.9 Å². The molecule has 1 aromatic heterocycles. The Morgan fingerprint density at radius 1 is 1.38 bits per heavy atom. The fourth-order valence-corrected chi connectivity index (χ4v) is 1.76. The Labute approximate surface area is 121 Å². The lowest BCUT2D eigenvalue weighted by atomic mass is 10.2. The van der Waals surface area contributed by atoms with Gasteiger partial charge in [0.05, 0.1) is 12.2 Å². The number of hydrogen-bond acceptors (Lipinski definition) is 3. The van der Waals surface area contributed by atoms with E-state index in [9.17, 15) is 9.18 Å². The first-order valence-corrected chi connectivity index (χ1v) is 6.22. The summed E-state index contributed by atoms with van der Waals surface area (Å²) in [5.41, 5.74) is 1.81. The van der Waals surface area contributed by atoms with Gasteiger partial charge in [0.1, 0.15) is 5.82 Å². The number of carbonyl (C=O) groups is 1. The maximum absolute atomic E-state index is 12.8. The summed E-state index contributed by atoms with van der Waals surface area (Å²) in [6, 6.07) is 5.86. The lowest BCUT2D eigenvalue weighted by Gasteiger charge is -2.02. The van der Waals surface area contributed by atoms with Gasteiger partial charge in [0.25, 0.3) is 0 Å². The monoisotopic (exact) mass is 287 g/mol. The van der Waals surface area contributed by atoms with Crippen molar-refractivity contribution in [2.24, 2.45) is 0 Å². The molecule has 5 nitrogen and oxygen atoms in total. The summed E-state index contributed by atoms with van der Waals surface area (Å²) >= 11 is 0. The number of carboxylic acid groups (broad SMARTS) is 1.